The van der Waals surface area contributed by atoms with Gasteiger partial charge in [0.15, 0.2) is 9.84 Å². The zero-order chi connectivity index (χ0) is 20.9. The minimum absolute atomic E-state index is 0.193. The van der Waals surface area contributed by atoms with Crippen molar-refractivity contribution in [2.45, 2.75) is 25.7 Å². The Hall–Kier alpha value is -3.18. The fraction of sp³-hybridized carbons (Fsp3) is 0.125. The van der Waals surface area contributed by atoms with E-state index in [0.29, 0.717) is 11.4 Å². The molecule has 0 heterocycles. The Morgan fingerprint density at radius 1 is 0.862 bits per heavy atom. The van der Waals surface area contributed by atoms with E-state index in [0.717, 1.165) is 22.1 Å². The highest BCUT2D eigenvalue weighted by Crippen LogP contribution is 2.20. The van der Waals surface area contributed by atoms with E-state index in [4.69, 9.17) is 4.74 Å². The number of hydrogen-bond acceptors (Lipinski definition) is 4. The molecule has 29 heavy (non-hydrogen) atoms. The Kier molecular flexibility index (Phi) is 6.29. The minimum Gasteiger partial charge on any atom is -0.439 e. The van der Waals surface area contributed by atoms with Crippen molar-refractivity contribution in [3.63, 3.8) is 0 Å². The van der Waals surface area contributed by atoms with Crippen molar-refractivity contribution in [2.24, 2.45) is 4.99 Å². The molecule has 0 saturated carbocycles. The van der Waals surface area contributed by atoms with Gasteiger partial charge >= 0.3 is 0 Å². The van der Waals surface area contributed by atoms with Crippen LogP contribution in [0.2, 0.25) is 0 Å². The smallest absolute Gasteiger partial charge is 0.220 e. The maximum atomic E-state index is 12.6. The second-order valence-electron chi connectivity index (χ2n) is 6.80. The lowest BCUT2D eigenvalue weighted by molar-refractivity contribution is 0.555. The summed E-state index contributed by atoms with van der Waals surface area (Å²) in [7, 11) is -3.60. The molecule has 0 N–H and O–H groups in total. The highest BCUT2D eigenvalue weighted by atomic mass is 32.2. The third-order valence-corrected chi connectivity index (χ3v) is 5.83. The predicted octanol–water partition coefficient (Wildman–Crippen LogP) is 5.71. The first-order valence-corrected chi connectivity index (χ1v) is 10.8. The first-order valence-electron chi connectivity index (χ1n) is 9.22. The summed E-state index contributed by atoms with van der Waals surface area (Å²) in [6.07, 6.45) is 1.39. The SMILES string of the molecule is Cc1cccc(OC(C=CS(=O)(=O)c2ccccc2)=Nc2ccc(C)c(C)c2)c1. The lowest BCUT2D eigenvalue weighted by Gasteiger charge is -2.08. The van der Waals surface area contributed by atoms with E-state index in [9.17, 15) is 8.42 Å². The number of hydrogen-bond donors (Lipinski definition) is 0. The summed E-state index contributed by atoms with van der Waals surface area (Å²) in [5.41, 5.74) is 3.99. The van der Waals surface area contributed by atoms with E-state index in [-0.39, 0.29) is 10.8 Å². The molecule has 0 radical (unpaired) electrons. The molecule has 0 aliphatic rings. The van der Waals surface area contributed by atoms with Crippen LogP contribution in [0.1, 0.15) is 16.7 Å². The van der Waals surface area contributed by atoms with Crippen LogP contribution in [0.25, 0.3) is 0 Å². The monoisotopic (exact) mass is 405 g/mol. The first-order chi connectivity index (χ1) is 13.8. The topological polar surface area (TPSA) is 55.7 Å². The van der Waals surface area contributed by atoms with Crippen LogP contribution in [-0.2, 0) is 9.84 Å². The quantitative estimate of drug-likeness (QED) is 0.404. The largest absolute Gasteiger partial charge is 0.439 e. The highest BCUT2D eigenvalue weighted by molar-refractivity contribution is 7.94. The minimum atomic E-state index is -3.60. The van der Waals surface area contributed by atoms with Gasteiger partial charge in [0.1, 0.15) is 5.75 Å². The molecule has 3 rings (SSSR count). The van der Waals surface area contributed by atoms with Gasteiger partial charge in [0.25, 0.3) is 0 Å². The standard InChI is InChI=1S/C24H23NO3S/c1-18-8-7-9-22(16-18)28-24(25-21-13-12-19(2)20(3)17-21)14-15-29(26,27)23-10-5-4-6-11-23/h4-17H,1-3H3. The molecule has 0 aliphatic heterocycles. The van der Waals surface area contributed by atoms with Crippen LogP contribution in [0.4, 0.5) is 5.69 Å². The molecule has 0 bridgehead atoms. The molecular formula is C24H23NO3S. The summed E-state index contributed by atoms with van der Waals surface area (Å²) >= 11 is 0. The Balaban J connectivity index is 1.98. The molecule has 3 aromatic rings. The summed E-state index contributed by atoms with van der Waals surface area (Å²) in [5, 5.41) is 1.12. The molecule has 0 unspecified atom stereocenters. The van der Waals surface area contributed by atoms with Crippen molar-refractivity contribution in [2.75, 3.05) is 0 Å². The van der Waals surface area contributed by atoms with Crippen molar-refractivity contribution in [3.8, 4) is 5.75 Å². The van der Waals surface area contributed by atoms with Crippen molar-refractivity contribution in [1.82, 2.24) is 0 Å². The highest BCUT2D eigenvalue weighted by Gasteiger charge is 2.11. The second-order valence-corrected chi connectivity index (χ2v) is 8.63. The molecule has 0 amide bonds. The van der Waals surface area contributed by atoms with E-state index < -0.39 is 9.84 Å². The summed E-state index contributed by atoms with van der Waals surface area (Å²) in [6, 6.07) is 21.6. The second kappa shape index (κ2) is 8.88. The van der Waals surface area contributed by atoms with Gasteiger partial charge in [0, 0.05) is 11.5 Å². The molecule has 0 aliphatic carbocycles. The molecule has 0 spiro atoms. The van der Waals surface area contributed by atoms with Gasteiger partial charge in [-0.05, 0) is 73.9 Å². The molecule has 0 saturated heterocycles. The van der Waals surface area contributed by atoms with Crippen molar-refractivity contribution < 1.29 is 13.2 Å². The normalized spacial score (nSPS) is 12.3. The Labute approximate surface area is 172 Å². The van der Waals surface area contributed by atoms with Crippen molar-refractivity contribution >= 4 is 21.4 Å². The van der Waals surface area contributed by atoms with Gasteiger partial charge in [0.2, 0.25) is 5.90 Å². The van der Waals surface area contributed by atoms with Crippen LogP contribution in [0.5, 0.6) is 5.75 Å². The lowest BCUT2D eigenvalue weighted by atomic mass is 10.1. The molecule has 148 valence electrons. The van der Waals surface area contributed by atoms with E-state index in [2.05, 4.69) is 4.99 Å². The molecule has 0 aromatic heterocycles. The lowest BCUT2D eigenvalue weighted by Crippen LogP contribution is -2.06. The van der Waals surface area contributed by atoms with Crippen LogP contribution in [0, 0.1) is 20.8 Å². The van der Waals surface area contributed by atoms with Gasteiger partial charge in [-0.15, -0.1) is 0 Å². The number of rotatable bonds is 5. The number of sulfone groups is 1. The van der Waals surface area contributed by atoms with Crippen LogP contribution in [0.15, 0.2) is 94.2 Å². The Morgan fingerprint density at radius 3 is 2.31 bits per heavy atom. The fourth-order valence-corrected chi connectivity index (χ4v) is 3.64. The van der Waals surface area contributed by atoms with Crippen LogP contribution >= 0.6 is 0 Å². The number of ether oxygens (including phenoxy) is 1. The molecule has 0 fully saturated rings. The van der Waals surface area contributed by atoms with E-state index in [1.807, 2.05) is 63.2 Å². The van der Waals surface area contributed by atoms with Crippen molar-refractivity contribution in [3.05, 3.63) is 101 Å². The predicted molar refractivity (Wildman–Crippen MR) is 118 cm³/mol. The van der Waals surface area contributed by atoms with Crippen molar-refractivity contribution in [1.29, 1.82) is 0 Å². The van der Waals surface area contributed by atoms with Crippen LogP contribution < -0.4 is 4.74 Å². The zero-order valence-corrected chi connectivity index (χ0v) is 17.5. The van der Waals surface area contributed by atoms with Gasteiger partial charge < -0.3 is 4.74 Å². The molecule has 5 heteroatoms. The number of aliphatic imine (C=N–C) groups is 1. The molecule has 0 atom stereocenters. The fourth-order valence-electron chi connectivity index (χ4n) is 2.65. The third-order valence-electron chi connectivity index (χ3n) is 4.40. The molecule has 4 nitrogen and oxygen atoms in total. The zero-order valence-electron chi connectivity index (χ0n) is 16.7. The average molecular weight is 406 g/mol. The van der Waals surface area contributed by atoms with Gasteiger partial charge in [-0.2, -0.15) is 0 Å². The average Bonchev–Trinajstić information content (AvgIpc) is 2.70. The Morgan fingerprint density at radius 2 is 1.62 bits per heavy atom. The van der Waals surface area contributed by atoms with E-state index in [1.165, 1.54) is 6.08 Å². The molecule has 3 aromatic carbocycles. The molecular weight excluding hydrogens is 382 g/mol. The van der Waals surface area contributed by atoms with E-state index in [1.54, 1.807) is 30.3 Å². The van der Waals surface area contributed by atoms with Crippen LogP contribution in [-0.4, -0.2) is 14.3 Å². The summed E-state index contributed by atoms with van der Waals surface area (Å²) in [6.45, 7) is 5.99. The number of benzene rings is 3. The first kappa shape index (κ1) is 20.6. The van der Waals surface area contributed by atoms with Gasteiger partial charge in [-0.1, -0.05) is 36.4 Å². The maximum absolute atomic E-state index is 12.6. The van der Waals surface area contributed by atoms with Crippen LogP contribution in [0.3, 0.4) is 0 Å². The summed E-state index contributed by atoms with van der Waals surface area (Å²) in [4.78, 5) is 4.75. The maximum Gasteiger partial charge on any atom is 0.220 e. The van der Waals surface area contributed by atoms with Gasteiger partial charge in [0.05, 0.1) is 10.6 Å². The van der Waals surface area contributed by atoms with Gasteiger partial charge in [-0.3, -0.25) is 0 Å². The van der Waals surface area contributed by atoms with Gasteiger partial charge in [-0.25, -0.2) is 13.4 Å². The summed E-state index contributed by atoms with van der Waals surface area (Å²) in [5.74, 6) is 0.785. The van der Waals surface area contributed by atoms with E-state index >= 15 is 0 Å². The number of aryl methyl sites for hydroxylation is 3. The third kappa shape index (κ3) is 5.65. The Bertz CT molecular complexity index is 1160. The summed E-state index contributed by atoms with van der Waals surface area (Å²) < 4.78 is 31.1. The number of nitrogens with zero attached hydrogens (tertiary/aromatic N) is 1.